The van der Waals surface area contributed by atoms with E-state index in [1.807, 2.05) is 0 Å². The number of hydrogen-bond donors (Lipinski definition) is 3. The minimum atomic E-state index is -3.50. The number of primary sulfonamides is 1. The van der Waals surface area contributed by atoms with Gasteiger partial charge in [-0.25, -0.2) is 18.4 Å². The summed E-state index contributed by atoms with van der Waals surface area (Å²) in [5.41, 5.74) is 0. The molecular formula is C9H19N3O3S. The van der Waals surface area contributed by atoms with Gasteiger partial charge in [-0.05, 0) is 12.8 Å². The number of amides is 2. The van der Waals surface area contributed by atoms with E-state index < -0.39 is 10.0 Å². The van der Waals surface area contributed by atoms with Gasteiger partial charge in [0, 0.05) is 12.6 Å². The maximum atomic E-state index is 11.3. The van der Waals surface area contributed by atoms with Gasteiger partial charge in [0.2, 0.25) is 10.0 Å². The molecule has 1 rings (SSSR count). The summed E-state index contributed by atoms with van der Waals surface area (Å²) in [6.07, 6.45) is 5.51. The second-order valence-corrected chi connectivity index (χ2v) is 5.84. The van der Waals surface area contributed by atoms with Gasteiger partial charge in [-0.1, -0.05) is 19.3 Å². The summed E-state index contributed by atoms with van der Waals surface area (Å²) in [5, 5.41) is 10.1. The van der Waals surface area contributed by atoms with Crippen molar-refractivity contribution in [3.05, 3.63) is 0 Å². The molecule has 0 heterocycles. The fourth-order valence-electron chi connectivity index (χ4n) is 1.79. The summed E-state index contributed by atoms with van der Waals surface area (Å²) in [5.74, 6) is -0.231. The van der Waals surface area contributed by atoms with E-state index in [2.05, 4.69) is 10.6 Å². The predicted molar refractivity (Wildman–Crippen MR) is 61.4 cm³/mol. The van der Waals surface area contributed by atoms with Crippen molar-refractivity contribution in [2.75, 3.05) is 12.3 Å². The van der Waals surface area contributed by atoms with Gasteiger partial charge in [0.05, 0.1) is 5.75 Å². The SMILES string of the molecule is NS(=O)(=O)CCNC(=O)NC1CCCCC1. The molecule has 2 amide bonds. The van der Waals surface area contributed by atoms with Crippen LogP contribution in [-0.4, -0.2) is 32.8 Å². The highest BCUT2D eigenvalue weighted by Gasteiger charge is 2.15. The molecule has 0 aromatic carbocycles. The van der Waals surface area contributed by atoms with E-state index in [1.165, 1.54) is 6.42 Å². The first-order chi connectivity index (χ1) is 7.47. The van der Waals surface area contributed by atoms with Crippen molar-refractivity contribution in [1.82, 2.24) is 10.6 Å². The number of sulfonamides is 1. The zero-order valence-corrected chi connectivity index (χ0v) is 10.1. The topological polar surface area (TPSA) is 101 Å². The number of hydrogen-bond acceptors (Lipinski definition) is 3. The van der Waals surface area contributed by atoms with Crippen LogP contribution in [0.3, 0.4) is 0 Å². The maximum absolute atomic E-state index is 11.3. The molecule has 16 heavy (non-hydrogen) atoms. The molecule has 4 N–H and O–H groups in total. The van der Waals surface area contributed by atoms with Gasteiger partial charge >= 0.3 is 6.03 Å². The van der Waals surface area contributed by atoms with Crippen LogP contribution in [0.2, 0.25) is 0 Å². The molecule has 0 radical (unpaired) electrons. The second kappa shape index (κ2) is 6.05. The predicted octanol–water partition coefficient (Wildman–Crippen LogP) is -0.0932. The van der Waals surface area contributed by atoms with Crippen molar-refractivity contribution >= 4 is 16.1 Å². The Morgan fingerprint density at radius 1 is 1.25 bits per heavy atom. The highest BCUT2D eigenvalue weighted by Crippen LogP contribution is 2.16. The quantitative estimate of drug-likeness (QED) is 0.648. The molecule has 0 saturated heterocycles. The van der Waals surface area contributed by atoms with E-state index in [9.17, 15) is 13.2 Å². The molecular weight excluding hydrogens is 230 g/mol. The van der Waals surface area contributed by atoms with Crippen molar-refractivity contribution in [1.29, 1.82) is 0 Å². The Hall–Kier alpha value is -0.820. The molecule has 0 spiro atoms. The third-order valence-corrected chi connectivity index (χ3v) is 3.39. The fourth-order valence-corrected chi connectivity index (χ4v) is 2.18. The molecule has 0 aromatic rings. The Bertz CT molecular complexity index is 323. The first-order valence-electron chi connectivity index (χ1n) is 5.52. The van der Waals surface area contributed by atoms with E-state index in [1.54, 1.807) is 0 Å². The zero-order chi connectivity index (χ0) is 12.0. The van der Waals surface area contributed by atoms with Gasteiger partial charge < -0.3 is 10.6 Å². The standard InChI is InChI=1S/C9H19N3O3S/c10-16(14,15)7-6-11-9(13)12-8-4-2-1-3-5-8/h8H,1-7H2,(H2,10,14,15)(H2,11,12,13). The van der Waals surface area contributed by atoms with Crippen molar-refractivity contribution in [3.8, 4) is 0 Å². The second-order valence-electron chi connectivity index (χ2n) is 4.10. The van der Waals surface area contributed by atoms with Gasteiger partial charge in [-0.3, -0.25) is 0 Å². The molecule has 0 aliphatic heterocycles. The van der Waals surface area contributed by atoms with Crippen LogP contribution in [0.4, 0.5) is 4.79 Å². The molecule has 0 unspecified atom stereocenters. The molecule has 7 heteroatoms. The summed E-state index contributed by atoms with van der Waals surface area (Å²) in [7, 11) is -3.50. The number of rotatable bonds is 4. The molecule has 0 bridgehead atoms. The largest absolute Gasteiger partial charge is 0.337 e. The highest BCUT2D eigenvalue weighted by molar-refractivity contribution is 7.89. The Labute approximate surface area is 96.0 Å². The lowest BCUT2D eigenvalue weighted by Gasteiger charge is -2.22. The zero-order valence-electron chi connectivity index (χ0n) is 9.24. The van der Waals surface area contributed by atoms with Crippen LogP contribution >= 0.6 is 0 Å². The van der Waals surface area contributed by atoms with Crippen molar-refractivity contribution in [2.45, 2.75) is 38.1 Å². The summed E-state index contributed by atoms with van der Waals surface area (Å²) >= 11 is 0. The Morgan fingerprint density at radius 3 is 2.44 bits per heavy atom. The minimum absolute atomic E-state index is 0.0530. The third-order valence-electron chi connectivity index (χ3n) is 2.61. The van der Waals surface area contributed by atoms with E-state index in [-0.39, 0.29) is 24.4 Å². The van der Waals surface area contributed by atoms with E-state index in [0.29, 0.717) is 0 Å². The monoisotopic (exact) mass is 249 g/mol. The van der Waals surface area contributed by atoms with Gasteiger partial charge in [0.1, 0.15) is 0 Å². The summed E-state index contributed by atoms with van der Waals surface area (Å²) in [6, 6.07) is -0.0845. The Balaban J connectivity index is 2.15. The first-order valence-corrected chi connectivity index (χ1v) is 7.24. The normalized spacial score (nSPS) is 18.1. The summed E-state index contributed by atoms with van der Waals surface area (Å²) in [4.78, 5) is 11.3. The van der Waals surface area contributed by atoms with Crippen molar-refractivity contribution in [3.63, 3.8) is 0 Å². The fraction of sp³-hybridized carbons (Fsp3) is 0.889. The van der Waals surface area contributed by atoms with Crippen LogP contribution in [0, 0.1) is 0 Å². The highest BCUT2D eigenvalue weighted by atomic mass is 32.2. The minimum Gasteiger partial charge on any atom is -0.337 e. The number of urea groups is 1. The van der Waals surface area contributed by atoms with Gasteiger partial charge in [0.25, 0.3) is 0 Å². The smallest absolute Gasteiger partial charge is 0.315 e. The Kier molecular flexibility index (Phi) is 5.01. The lowest BCUT2D eigenvalue weighted by Crippen LogP contribution is -2.44. The molecule has 1 aliphatic carbocycles. The van der Waals surface area contributed by atoms with Crippen LogP contribution < -0.4 is 15.8 Å². The molecule has 94 valence electrons. The van der Waals surface area contributed by atoms with E-state index in [4.69, 9.17) is 5.14 Å². The molecule has 0 atom stereocenters. The van der Waals surface area contributed by atoms with Crippen LogP contribution in [0.25, 0.3) is 0 Å². The first kappa shape index (κ1) is 13.2. The number of carbonyl (C=O) groups excluding carboxylic acids is 1. The van der Waals surface area contributed by atoms with Crippen LogP contribution in [-0.2, 0) is 10.0 Å². The summed E-state index contributed by atoms with van der Waals surface area (Å²) in [6.45, 7) is 0.0530. The summed E-state index contributed by atoms with van der Waals surface area (Å²) < 4.78 is 21.2. The average Bonchev–Trinajstić information content (AvgIpc) is 2.17. The van der Waals surface area contributed by atoms with Crippen molar-refractivity contribution < 1.29 is 13.2 Å². The maximum Gasteiger partial charge on any atom is 0.315 e. The van der Waals surface area contributed by atoms with Gasteiger partial charge in [-0.15, -0.1) is 0 Å². The van der Waals surface area contributed by atoms with E-state index in [0.717, 1.165) is 25.7 Å². The molecule has 6 nitrogen and oxygen atoms in total. The van der Waals surface area contributed by atoms with Gasteiger partial charge in [-0.2, -0.15) is 0 Å². The number of nitrogens with two attached hydrogens (primary N) is 1. The molecule has 1 saturated carbocycles. The van der Waals surface area contributed by atoms with Crippen LogP contribution in [0.5, 0.6) is 0 Å². The molecule has 1 fully saturated rings. The lowest BCUT2D eigenvalue weighted by molar-refractivity contribution is 0.233. The van der Waals surface area contributed by atoms with Crippen LogP contribution in [0.15, 0.2) is 0 Å². The van der Waals surface area contributed by atoms with Gasteiger partial charge in [0.15, 0.2) is 0 Å². The average molecular weight is 249 g/mol. The Morgan fingerprint density at radius 2 is 1.88 bits per heavy atom. The lowest BCUT2D eigenvalue weighted by atomic mass is 9.96. The third kappa shape index (κ3) is 5.92. The number of nitrogens with one attached hydrogen (secondary N) is 2. The number of carbonyl (C=O) groups is 1. The molecule has 0 aromatic heterocycles. The van der Waals surface area contributed by atoms with Crippen LogP contribution in [0.1, 0.15) is 32.1 Å². The molecule has 1 aliphatic rings. The van der Waals surface area contributed by atoms with E-state index >= 15 is 0 Å². The van der Waals surface area contributed by atoms with Crippen molar-refractivity contribution in [2.24, 2.45) is 5.14 Å².